The van der Waals surface area contributed by atoms with Gasteiger partial charge in [0.2, 0.25) is 16.9 Å². The summed E-state index contributed by atoms with van der Waals surface area (Å²) < 4.78 is 62.1. The van der Waals surface area contributed by atoms with Gasteiger partial charge in [-0.05, 0) is 12.5 Å². The maximum absolute atomic E-state index is 12.7. The summed E-state index contributed by atoms with van der Waals surface area (Å²) in [5.74, 6) is 4.31. The number of rotatable bonds is 23. The number of aromatic nitrogens is 4. The van der Waals surface area contributed by atoms with E-state index in [1.807, 2.05) is 0 Å². The molecule has 60 heavy (non-hydrogen) atoms. The number of imidazole rings is 1. The third-order valence-corrected chi connectivity index (χ3v) is 11.8. The van der Waals surface area contributed by atoms with Crippen LogP contribution in [0.15, 0.2) is 37.0 Å². The number of nitrogens with zero attached hydrogens (tertiary/aromatic N) is 4. The third kappa shape index (κ3) is 16.8. The molecule has 0 saturated carbocycles. The Kier molecular flexibility index (Phi) is 19.6. The smallest absolute Gasteiger partial charge is 0.392 e. The van der Waals surface area contributed by atoms with Crippen LogP contribution < -0.4 is 16.4 Å². The zero-order valence-corrected chi connectivity index (χ0v) is 35.5. The maximum Gasteiger partial charge on any atom is 0.481 e. The van der Waals surface area contributed by atoms with Crippen molar-refractivity contribution < 1.29 is 85.6 Å². The normalized spacial score (nSPS) is 21.0. The number of amides is 2. The van der Waals surface area contributed by atoms with Crippen molar-refractivity contribution in [2.24, 2.45) is 5.41 Å². The first-order valence-electron chi connectivity index (χ1n) is 17.5. The second-order valence-electron chi connectivity index (χ2n) is 13.1. The molecule has 3 rings (SSSR count). The number of carbonyl (C=O) groups excluding carboxylic acids is 3. The van der Waals surface area contributed by atoms with Crippen molar-refractivity contribution in [3.8, 4) is 11.8 Å². The van der Waals surface area contributed by atoms with Crippen molar-refractivity contribution >= 4 is 69.1 Å². The molecule has 1 saturated heterocycles. The molecular weight excluding hydrogens is 883 g/mol. The number of anilines is 1. The van der Waals surface area contributed by atoms with Gasteiger partial charge in [-0.15, -0.1) is 0 Å². The molecule has 1 fully saturated rings. The number of nitrogens with one attached hydrogen (secondary N) is 2. The number of ether oxygens (including phenoxy) is 1. The first-order valence-corrected chi connectivity index (χ1v) is 23.0. The van der Waals surface area contributed by atoms with Crippen LogP contribution in [0.3, 0.4) is 0 Å². The minimum Gasteiger partial charge on any atom is -0.392 e. The number of phosphoric ester groups is 3. The van der Waals surface area contributed by atoms with Crippen LogP contribution >= 0.6 is 35.2 Å². The van der Waals surface area contributed by atoms with E-state index in [1.54, 1.807) is 12.2 Å². The molecule has 2 aromatic rings. The molecule has 29 heteroatoms. The Morgan fingerprint density at radius 1 is 1.08 bits per heavy atom. The Hall–Kier alpha value is -3.44. The Balaban J connectivity index is 1.43. The molecule has 0 aliphatic carbocycles. The van der Waals surface area contributed by atoms with Gasteiger partial charge in [-0.2, -0.15) is 4.31 Å². The largest absolute Gasteiger partial charge is 0.481 e. The molecule has 334 valence electrons. The second kappa shape index (κ2) is 23.1. The van der Waals surface area contributed by atoms with E-state index in [0.29, 0.717) is 12.8 Å². The lowest BCUT2D eigenvalue weighted by atomic mass is 9.87. The van der Waals surface area contributed by atoms with Crippen molar-refractivity contribution in [2.75, 3.05) is 44.4 Å². The summed E-state index contributed by atoms with van der Waals surface area (Å²) in [4.78, 5) is 87.6. The molecule has 2 amide bonds. The second-order valence-corrected chi connectivity index (χ2v) is 18.4. The van der Waals surface area contributed by atoms with Crippen molar-refractivity contribution in [3.63, 3.8) is 0 Å². The summed E-state index contributed by atoms with van der Waals surface area (Å²) in [6.45, 7) is 0.314. The van der Waals surface area contributed by atoms with Gasteiger partial charge in [0.1, 0.15) is 36.3 Å². The monoisotopic (exact) mass is 929 g/mol. The summed E-state index contributed by atoms with van der Waals surface area (Å²) in [6, 6.07) is 0. The van der Waals surface area contributed by atoms with Crippen molar-refractivity contribution in [1.29, 1.82) is 0 Å². The van der Waals surface area contributed by atoms with Crippen molar-refractivity contribution in [2.45, 2.75) is 63.8 Å². The highest BCUT2D eigenvalue weighted by Gasteiger charge is 2.50. The van der Waals surface area contributed by atoms with Gasteiger partial charge in [-0.25, -0.2) is 28.6 Å². The fraction of sp³-hybridized carbons (Fsp3) is 0.548. The summed E-state index contributed by atoms with van der Waals surface area (Å²) in [5, 5.41) is 34.7. The summed E-state index contributed by atoms with van der Waals surface area (Å²) in [7, 11) is -16.4. The van der Waals surface area contributed by atoms with E-state index in [2.05, 4.69) is 46.3 Å². The van der Waals surface area contributed by atoms with E-state index in [9.17, 15) is 57.9 Å². The van der Waals surface area contributed by atoms with Crippen LogP contribution in [0.2, 0.25) is 0 Å². The van der Waals surface area contributed by atoms with E-state index >= 15 is 0 Å². The number of nitrogens with two attached hydrogens (primary N) is 1. The van der Waals surface area contributed by atoms with Gasteiger partial charge in [0.15, 0.2) is 17.7 Å². The molecular formula is C31H46N7O18P3S. The first kappa shape index (κ1) is 50.9. The summed E-state index contributed by atoms with van der Waals surface area (Å²) in [5.41, 5.74) is 4.23. The first-order chi connectivity index (χ1) is 28.1. The number of hydrogen-bond donors (Lipinski definition) is 10. The molecule has 1 aliphatic heterocycles. The predicted molar refractivity (Wildman–Crippen MR) is 209 cm³/mol. The van der Waals surface area contributed by atoms with E-state index in [-0.39, 0.29) is 54.0 Å². The van der Waals surface area contributed by atoms with Gasteiger partial charge >= 0.3 is 23.5 Å². The third-order valence-electron chi connectivity index (χ3n) is 7.86. The molecule has 3 heterocycles. The number of nitrogen functional groups attached to an aromatic ring is 1. The number of aliphatic hydroxyl groups is 3. The molecule has 1 aliphatic rings. The van der Waals surface area contributed by atoms with Crippen LogP contribution in [0.4, 0.5) is 5.82 Å². The number of thioether (sulfide) groups is 1. The van der Waals surface area contributed by atoms with Gasteiger partial charge in [-0.1, -0.05) is 49.6 Å². The number of unbranched alkanes of at least 4 members (excludes halogenated alkanes) is 1. The number of phosphoric acid groups is 3. The van der Waals surface area contributed by atoms with E-state index in [0.717, 1.165) is 29.0 Å². The zero-order valence-electron chi connectivity index (χ0n) is 32.0. The van der Waals surface area contributed by atoms with Crippen LogP contribution in [-0.2, 0) is 50.7 Å². The minimum atomic E-state index is -5.58. The highest BCUT2D eigenvalue weighted by molar-refractivity contribution is 8.14. The van der Waals surface area contributed by atoms with Crippen LogP contribution in [0.5, 0.6) is 0 Å². The molecule has 2 aromatic heterocycles. The highest BCUT2D eigenvalue weighted by Crippen LogP contribution is 2.61. The Morgan fingerprint density at radius 2 is 1.80 bits per heavy atom. The maximum atomic E-state index is 12.7. The molecule has 7 atom stereocenters. The lowest BCUT2D eigenvalue weighted by Crippen LogP contribution is -2.46. The Bertz CT molecular complexity index is 2070. The molecule has 11 N–H and O–H groups in total. The number of allylic oxidation sites excluding steroid dienone is 2. The summed E-state index contributed by atoms with van der Waals surface area (Å²) in [6.07, 6.45) is 0.341. The van der Waals surface area contributed by atoms with Gasteiger partial charge in [0, 0.05) is 43.2 Å². The van der Waals surface area contributed by atoms with Crippen molar-refractivity contribution in [3.05, 3.63) is 37.0 Å². The van der Waals surface area contributed by atoms with Crippen LogP contribution in [0, 0.1) is 17.3 Å². The van der Waals surface area contributed by atoms with Crippen molar-refractivity contribution in [1.82, 2.24) is 30.2 Å². The molecule has 0 spiro atoms. The van der Waals surface area contributed by atoms with E-state index < -0.39 is 84.6 Å². The standard InChI is InChI=1S/C31H46N7O18P3S/c1-31(2,26(43)29(44)34-12-11-21(40)33-13-15-60-22(41)10-8-6-4-3-5-7-9-14-39)17-53-59(50,51)56-58(48,49)52-16-20-25(55-57(45,46)47)24(42)30(54-20)38-19-37-23-27(32)35-18-36-28(23)38/h7-10,18-20,24-26,30,39,42-43H,3,5,11-17H2,1-2H3,(H,33,40)(H,34,44)(H,48,49)(H,50,51)(H2,32,35,36)(H2,45,46,47)/b9-7+,10-8+. The highest BCUT2D eigenvalue weighted by atomic mass is 32.2. The molecule has 7 unspecified atom stereocenters. The summed E-state index contributed by atoms with van der Waals surface area (Å²) >= 11 is 0.952. The van der Waals surface area contributed by atoms with E-state index in [1.165, 1.54) is 26.0 Å². The van der Waals surface area contributed by atoms with Gasteiger partial charge in [0.25, 0.3) is 0 Å². The number of carbonyl (C=O) groups is 3. The van der Waals surface area contributed by atoms with Gasteiger partial charge < -0.3 is 56.0 Å². The number of hydrogen-bond acceptors (Lipinski definition) is 19. The van der Waals surface area contributed by atoms with Crippen LogP contribution in [0.1, 0.15) is 39.3 Å². The van der Waals surface area contributed by atoms with Crippen LogP contribution in [0.25, 0.3) is 11.2 Å². The molecule has 25 nitrogen and oxygen atoms in total. The average Bonchev–Trinajstić information content (AvgIpc) is 3.72. The number of aliphatic hydroxyl groups excluding tert-OH is 3. The average molecular weight is 930 g/mol. The zero-order chi connectivity index (χ0) is 44.7. The van der Waals surface area contributed by atoms with E-state index in [4.69, 9.17) is 24.6 Å². The lowest BCUT2D eigenvalue weighted by molar-refractivity contribution is -0.137. The predicted octanol–water partition coefficient (Wildman–Crippen LogP) is -0.447. The van der Waals surface area contributed by atoms with Crippen LogP contribution in [-0.4, -0.2) is 134 Å². The lowest BCUT2D eigenvalue weighted by Gasteiger charge is -2.30. The van der Waals surface area contributed by atoms with Gasteiger partial charge in [-0.3, -0.25) is 32.5 Å². The molecule has 0 radical (unpaired) electrons. The fourth-order valence-electron chi connectivity index (χ4n) is 4.92. The fourth-order valence-corrected chi connectivity index (χ4v) is 8.32. The van der Waals surface area contributed by atoms with Gasteiger partial charge in [0.05, 0.1) is 26.1 Å². The minimum absolute atomic E-state index is 0.0244. The quantitative estimate of drug-likeness (QED) is 0.0222. The molecule has 0 aromatic carbocycles. The molecule has 0 bridgehead atoms. The Labute approximate surface area is 346 Å². The Morgan fingerprint density at radius 3 is 2.50 bits per heavy atom. The number of fused-ring (bicyclic) bond motifs is 1. The SMILES string of the molecule is CC(C)(COP(=O)(O)OP(=O)(O)OCC1OC(n2cnc3c(N)ncnc32)C(O)C1OP(=O)(O)O)C(O)C(=O)NCCC(=O)NCCSC(=O)/C=C/C#CCC/C=C/CO. The topological polar surface area (TPSA) is 384 Å².